The minimum absolute atomic E-state index is 0.154. The summed E-state index contributed by atoms with van der Waals surface area (Å²) in [7, 11) is 0. The summed E-state index contributed by atoms with van der Waals surface area (Å²) in [5.41, 5.74) is 0. The minimum atomic E-state index is 0.154. The zero-order chi connectivity index (χ0) is 7.66. The van der Waals surface area contributed by atoms with E-state index in [9.17, 15) is 0 Å². The van der Waals surface area contributed by atoms with Crippen molar-refractivity contribution in [1.29, 1.82) is 0 Å². The number of aliphatic hydroxyl groups is 1. The summed E-state index contributed by atoms with van der Waals surface area (Å²) in [5.74, 6) is 0. The maximum Gasteiger partial charge on any atom is 0.0612 e. The van der Waals surface area contributed by atoms with E-state index in [2.05, 4.69) is 19.1 Å². The average Bonchev–Trinajstić information content (AvgIpc) is 1.97. The van der Waals surface area contributed by atoms with Gasteiger partial charge in [0.25, 0.3) is 0 Å². The van der Waals surface area contributed by atoms with Crippen LogP contribution in [0.2, 0.25) is 0 Å². The smallest absolute Gasteiger partial charge is 0.0612 e. The molecule has 0 radical (unpaired) electrons. The average molecular weight is 140 g/mol. The van der Waals surface area contributed by atoms with Gasteiger partial charge in [0.05, 0.1) is 6.61 Å². The summed E-state index contributed by atoms with van der Waals surface area (Å²) in [6, 6.07) is 0. The highest BCUT2D eigenvalue weighted by atomic mass is 16.2. The highest BCUT2D eigenvalue weighted by Gasteiger charge is 1.72. The fourth-order valence-corrected chi connectivity index (χ4v) is 0.630. The van der Waals surface area contributed by atoms with Gasteiger partial charge >= 0.3 is 0 Å². The van der Waals surface area contributed by atoms with E-state index < -0.39 is 0 Å². The second kappa shape index (κ2) is 8.44. The van der Waals surface area contributed by atoms with Crippen molar-refractivity contribution in [3.8, 4) is 0 Å². The molecule has 0 aromatic carbocycles. The Labute approximate surface area is 63.1 Å². The van der Waals surface area contributed by atoms with Crippen molar-refractivity contribution in [1.82, 2.24) is 0 Å². The molecule has 0 rings (SSSR count). The summed E-state index contributed by atoms with van der Waals surface area (Å²) in [4.78, 5) is 0. The van der Waals surface area contributed by atoms with Gasteiger partial charge in [-0.25, -0.2) is 0 Å². The summed E-state index contributed by atoms with van der Waals surface area (Å²) in [6.07, 6.45) is 11.3. The number of allylic oxidation sites excluding steroid dienone is 3. The van der Waals surface area contributed by atoms with Crippen LogP contribution in [0.15, 0.2) is 24.3 Å². The van der Waals surface area contributed by atoms with Crippen LogP contribution in [0.25, 0.3) is 0 Å². The monoisotopic (exact) mass is 140 g/mol. The summed E-state index contributed by atoms with van der Waals surface area (Å²) in [5, 5.41) is 8.36. The molecule has 0 atom stereocenters. The van der Waals surface area contributed by atoms with E-state index in [-0.39, 0.29) is 6.61 Å². The second-order valence-electron chi connectivity index (χ2n) is 2.15. The van der Waals surface area contributed by atoms with E-state index in [1.807, 2.05) is 6.08 Å². The second-order valence-corrected chi connectivity index (χ2v) is 2.15. The molecule has 0 aliphatic heterocycles. The lowest BCUT2D eigenvalue weighted by atomic mass is 10.3. The third-order valence-corrected chi connectivity index (χ3v) is 1.17. The molecule has 0 saturated heterocycles. The number of unbranched alkanes of at least 4 members (excludes halogenated alkanes) is 1. The fourth-order valence-electron chi connectivity index (χ4n) is 0.630. The first-order chi connectivity index (χ1) is 4.91. The molecule has 1 N–H and O–H groups in total. The first kappa shape index (κ1) is 9.44. The molecule has 0 aliphatic carbocycles. The van der Waals surface area contributed by atoms with Crippen LogP contribution < -0.4 is 0 Å². The van der Waals surface area contributed by atoms with Crippen molar-refractivity contribution < 1.29 is 5.11 Å². The van der Waals surface area contributed by atoms with Gasteiger partial charge < -0.3 is 5.11 Å². The molecule has 0 fully saturated rings. The van der Waals surface area contributed by atoms with Gasteiger partial charge in [-0.1, -0.05) is 37.6 Å². The molecule has 0 aromatic rings. The Hall–Kier alpha value is -0.560. The van der Waals surface area contributed by atoms with Crippen LogP contribution in [0.3, 0.4) is 0 Å². The largest absolute Gasteiger partial charge is 0.392 e. The van der Waals surface area contributed by atoms with Crippen molar-refractivity contribution in [2.45, 2.75) is 26.2 Å². The highest BCUT2D eigenvalue weighted by Crippen LogP contribution is 1.91. The fraction of sp³-hybridized carbons (Fsp3) is 0.556. The van der Waals surface area contributed by atoms with Crippen molar-refractivity contribution in [3.63, 3.8) is 0 Å². The zero-order valence-electron chi connectivity index (χ0n) is 6.59. The van der Waals surface area contributed by atoms with Crippen LogP contribution in [-0.4, -0.2) is 11.7 Å². The third kappa shape index (κ3) is 7.44. The molecule has 0 saturated carbocycles. The molecule has 0 aliphatic rings. The van der Waals surface area contributed by atoms with Crippen molar-refractivity contribution in [2.75, 3.05) is 6.61 Å². The van der Waals surface area contributed by atoms with Crippen LogP contribution in [0, 0.1) is 0 Å². The van der Waals surface area contributed by atoms with Crippen molar-refractivity contribution in [2.24, 2.45) is 0 Å². The quantitative estimate of drug-likeness (QED) is 0.581. The van der Waals surface area contributed by atoms with E-state index in [1.54, 1.807) is 6.08 Å². The highest BCUT2D eigenvalue weighted by molar-refractivity contribution is 4.92. The van der Waals surface area contributed by atoms with Gasteiger partial charge in [-0.2, -0.15) is 0 Å². The van der Waals surface area contributed by atoms with E-state index in [0.717, 1.165) is 12.8 Å². The van der Waals surface area contributed by atoms with E-state index in [1.165, 1.54) is 6.42 Å². The normalized spacial score (nSPS) is 11.8. The SMILES string of the molecule is CCC/C=C\C/C=C\CO. The Balaban J connectivity index is 3.09. The lowest BCUT2D eigenvalue weighted by molar-refractivity contribution is 0.342. The van der Waals surface area contributed by atoms with Gasteiger partial charge in [0.1, 0.15) is 0 Å². The Morgan fingerprint density at radius 2 is 1.80 bits per heavy atom. The van der Waals surface area contributed by atoms with Gasteiger partial charge in [0, 0.05) is 0 Å². The number of rotatable bonds is 5. The first-order valence-electron chi connectivity index (χ1n) is 3.82. The number of hydrogen-bond acceptors (Lipinski definition) is 1. The van der Waals surface area contributed by atoms with Crippen LogP contribution in [-0.2, 0) is 0 Å². The topological polar surface area (TPSA) is 20.2 Å². The van der Waals surface area contributed by atoms with Crippen LogP contribution >= 0.6 is 0 Å². The van der Waals surface area contributed by atoms with Crippen LogP contribution in [0.1, 0.15) is 26.2 Å². The summed E-state index contributed by atoms with van der Waals surface area (Å²) in [6.45, 7) is 2.32. The van der Waals surface area contributed by atoms with Crippen molar-refractivity contribution in [3.05, 3.63) is 24.3 Å². The summed E-state index contributed by atoms with van der Waals surface area (Å²) >= 11 is 0. The third-order valence-electron chi connectivity index (χ3n) is 1.17. The lowest BCUT2D eigenvalue weighted by Crippen LogP contribution is -1.69. The molecular formula is C9H16O. The Morgan fingerprint density at radius 3 is 2.40 bits per heavy atom. The first-order valence-corrected chi connectivity index (χ1v) is 3.82. The standard InChI is InChI=1S/C9H16O/c1-2-3-4-5-6-7-8-9-10/h4-5,7-8,10H,2-3,6,9H2,1H3/b5-4-,8-7-. The lowest BCUT2D eigenvalue weighted by Gasteiger charge is -1.83. The van der Waals surface area contributed by atoms with Gasteiger partial charge in [0.15, 0.2) is 0 Å². The van der Waals surface area contributed by atoms with Crippen molar-refractivity contribution >= 4 is 0 Å². The molecule has 0 aromatic heterocycles. The zero-order valence-corrected chi connectivity index (χ0v) is 6.59. The molecule has 58 valence electrons. The van der Waals surface area contributed by atoms with E-state index >= 15 is 0 Å². The maximum atomic E-state index is 8.36. The van der Waals surface area contributed by atoms with Gasteiger partial charge in [-0.15, -0.1) is 0 Å². The number of hydrogen-bond donors (Lipinski definition) is 1. The van der Waals surface area contributed by atoms with Crippen LogP contribution in [0.4, 0.5) is 0 Å². The Bertz CT molecular complexity index is 103. The maximum absolute atomic E-state index is 8.36. The van der Waals surface area contributed by atoms with E-state index in [0.29, 0.717) is 0 Å². The molecule has 0 spiro atoms. The molecule has 1 heteroatoms. The van der Waals surface area contributed by atoms with Gasteiger partial charge in [0.2, 0.25) is 0 Å². The molecule has 0 heterocycles. The Morgan fingerprint density at radius 1 is 1.10 bits per heavy atom. The predicted octanol–water partition coefficient (Wildman–Crippen LogP) is 2.28. The molecule has 0 unspecified atom stereocenters. The summed E-state index contributed by atoms with van der Waals surface area (Å²) < 4.78 is 0. The predicted molar refractivity (Wildman–Crippen MR) is 44.9 cm³/mol. The van der Waals surface area contributed by atoms with Gasteiger partial charge in [-0.05, 0) is 12.8 Å². The molecule has 1 nitrogen and oxygen atoms in total. The van der Waals surface area contributed by atoms with Gasteiger partial charge in [-0.3, -0.25) is 0 Å². The Kier molecular flexibility index (Phi) is 7.97. The minimum Gasteiger partial charge on any atom is -0.392 e. The van der Waals surface area contributed by atoms with E-state index in [4.69, 9.17) is 5.11 Å². The van der Waals surface area contributed by atoms with Crippen LogP contribution in [0.5, 0.6) is 0 Å². The molecule has 0 amide bonds. The number of aliphatic hydroxyl groups excluding tert-OH is 1. The molecular weight excluding hydrogens is 124 g/mol. The molecule has 0 bridgehead atoms. The molecule has 10 heavy (non-hydrogen) atoms.